The van der Waals surface area contributed by atoms with Gasteiger partial charge in [0.25, 0.3) is 23.5 Å². The third-order valence-corrected chi connectivity index (χ3v) is 21.2. The SMILES string of the molecule is CC[NH+](CC)CC.CC[NH+](CC)CC.CC[NH+](CC)CC.Nc1ncnc2c1ncn2COCCOP(=O)([O-])O[C@@H]1C[C@@H](COP(=O)([O-])O[C@@H]2C[C@@H](COP(=O)([O-])O[C@@H]3C[C@@H](CO)O[C@H]3n3cnc4c(NCc5ccccc5)ncnc43)O[C@H]2n2cnc3c(N)ncnc32)O[C@H]1n1cnc2c(N)ncnc21. The zero-order chi connectivity index (χ0) is 76.1. The summed E-state index contributed by atoms with van der Waals surface area (Å²) < 4.78 is 103. The van der Waals surface area contributed by atoms with Crippen LogP contribution in [-0.2, 0) is 73.1 Å². The molecule has 0 radical (unpaired) electrons. The number of benzene rings is 1. The summed E-state index contributed by atoms with van der Waals surface area (Å²) in [5, 5.41) is 13.3. The number of hydrogen-bond acceptors (Lipinski definition) is 33. The maximum atomic E-state index is 13.9. The second-order valence-electron chi connectivity index (χ2n) is 24.7. The highest BCUT2D eigenvalue weighted by Crippen LogP contribution is 2.51. The van der Waals surface area contributed by atoms with Crippen molar-refractivity contribution in [2.75, 3.05) is 114 Å². The fourth-order valence-electron chi connectivity index (χ4n) is 12.1. The zero-order valence-corrected chi connectivity index (χ0v) is 63.5. The molecule has 3 saturated heterocycles. The molecule has 3 aliphatic heterocycles. The molecular formula is C63H98N23O17P3. The Kier molecular flexibility index (Phi) is 30.5. The van der Waals surface area contributed by atoms with E-state index in [1.54, 1.807) is 14.7 Å². The molecule has 12 atom stereocenters. The number of ether oxygens (including phenoxy) is 4. The maximum Gasteiger partial charge on any atom is 0.268 e. The first-order chi connectivity index (χ1) is 51.0. The molecule has 1 aromatic carbocycles. The van der Waals surface area contributed by atoms with Gasteiger partial charge in [0, 0.05) is 25.8 Å². The van der Waals surface area contributed by atoms with Crippen molar-refractivity contribution in [3.8, 4) is 0 Å². The van der Waals surface area contributed by atoms with Crippen LogP contribution in [0.5, 0.6) is 0 Å². The van der Waals surface area contributed by atoms with Crippen LogP contribution in [-0.4, -0.2) is 212 Å². The minimum Gasteiger partial charge on any atom is -0.756 e. The molecule has 582 valence electrons. The normalized spacial score (nSPS) is 21.9. The third kappa shape index (κ3) is 21.7. The lowest BCUT2D eigenvalue weighted by atomic mass is 10.2. The van der Waals surface area contributed by atoms with Crippen molar-refractivity contribution in [3.05, 3.63) is 86.5 Å². The summed E-state index contributed by atoms with van der Waals surface area (Å²) in [6.45, 7) is 29.1. The number of nitrogen functional groups attached to an aromatic ring is 3. The van der Waals surface area contributed by atoms with Crippen LogP contribution >= 0.6 is 23.5 Å². The van der Waals surface area contributed by atoms with Crippen LogP contribution in [0.15, 0.2) is 81.0 Å². The lowest BCUT2D eigenvalue weighted by Crippen LogP contribution is -3.11. The van der Waals surface area contributed by atoms with Crippen molar-refractivity contribution < 1.29 is 94.3 Å². The molecule has 11 heterocycles. The Morgan fingerprint density at radius 3 is 1.27 bits per heavy atom. The summed E-state index contributed by atoms with van der Waals surface area (Å²) >= 11 is 0. The molecule has 8 aromatic heterocycles. The van der Waals surface area contributed by atoms with E-state index >= 15 is 0 Å². The molecule has 0 amide bonds. The summed E-state index contributed by atoms with van der Waals surface area (Å²) in [6, 6.07) is 9.57. The molecule has 0 spiro atoms. The highest BCUT2D eigenvalue weighted by Gasteiger charge is 2.45. The number of imidazole rings is 4. The van der Waals surface area contributed by atoms with Crippen LogP contribution in [0.4, 0.5) is 23.3 Å². The molecule has 106 heavy (non-hydrogen) atoms. The first-order valence-electron chi connectivity index (χ1n) is 35.3. The van der Waals surface area contributed by atoms with Crippen LogP contribution in [0.2, 0.25) is 0 Å². The number of fused-ring (bicyclic) bond motifs is 4. The van der Waals surface area contributed by atoms with Crippen LogP contribution in [0.3, 0.4) is 0 Å². The van der Waals surface area contributed by atoms with Crippen molar-refractivity contribution >= 4 is 91.4 Å². The Labute approximate surface area is 612 Å². The second kappa shape index (κ2) is 39.1. The van der Waals surface area contributed by atoms with Crippen molar-refractivity contribution in [3.63, 3.8) is 0 Å². The Bertz CT molecular complexity index is 4300. The van der Waals surface area contributed by atoms with E-state index in [9.17, 15) is 33.5 Å². The minimum atomic E-state index is -5.43. The van der Waals surface area contributed by atoms with Gasteiger partial charge >= 0.3 is 0 Å². The van der Waals surface area contributed by atoms with E-state index < -0.39 is 105 Å². The molecule has 43 heteroatoms. The van der Waals surface area contributed by atoms with Gasteiger partial charge in [-0.05, 0) is 67.9 Å². The molecule has 0 saturated carbocycles. The summed E-state index contributed by atoms with van der Waals surface area (Å²) in [5.74, 6) is 0.553. The molecule has 3 unspecified atom stereocenters. The van der Waals surface area contributed by atoms with E-state index in [0.717, 1.165) is 18.2 Å². The molecule has 9 aromatic rings. The quantitative estimate of drug-likeness (QED) is 0.0193. The number of anilines is 4. The van der Waals surface area contributed by atoms with E-state index in [0.29, 0.717) is 29.0 Å². The molecular weight excluding hydrogens is 1440 g/mol. The predicted molar refractivity (Wildman–Crippen MR) is 380 cm³/mol. The Morgan fingerprint density at radius 1 is 0.481 bits per heavy atom. The van der Waals surface area contributed by atoms with Gasteiger partial charge in [-0.25, -0.2) is 59.8 Å². The highest BCUT2D eigenvalue weighted by molar-refractivity contribution is 7.46. The van der Waals surface area contributed by atoms with Gasteiger partial charge in [0.1, 0.15) is 66.9 Å². The van der Waals surface area contributed by atoms with Gasteiger partial charge in [-0.2, -0.15) is 0 Å². The van der Waals surface area contributed by atoms with Crippen LogP contribution < -0.4 is 51.9 Å². The smallest absolute Gasteiger partial charge is 0.268 e. The summed E-state index contributed by atoms with van der Waals surface area (Å²) in [6.07, 6.45) is -1.87. The van der Waals surface area contributed by atoms with Gasteiger partial charge in [-0.15, -0.1) is 0 Å². The van der Waals surface area contributed by atoms with Crippen LogP contribution in [0, 0.1) is 0 Å². The average Bonchev–Trinajstić information content (AvgIpc) is 1.64. The second-order valence-corrected chi connectivity index (χ2v) is 28.8. The lowest BCUT2D eigenvalue weighted by molar-refractivity contribution is -0.894. The number of phosphoric acid groups is 3. The van der Waals surface area contributed by atoms with Crippen molar-refractivity contribution in [2.24, 2.45) is 0 Å². The predicted octanol–water partition coefficient (Wildman–Crippen LogP) is -0.0628. The summed E-state index contributed by atoms with van der Waals surface area (Å²) in [7, 11) is -15.9. The first kappa shape index (κ1) is 82.7. The fourth-order valence-corrected chi connectivity index (χ4v) is 14.9. The molecule has 0 aliphatic carbocycles. The lowest BCUT2D eigenvalue weighted by Gasteiger charge is -2.29. The number of phosphoric ester groups is 3. The number of rotatable bonds is 34. The standard InChI is InChI=1S/C45H53N20O17P3.3C6H15N/c46-35-31-39(54-15-50-35)62(19-58-31)23-73-6-7-74-83(67,68)80-29-9-26(78-44(29)63-20-59-32-36(47)51-16-55-40(32)63)13-76-85(71,72)82-30-10-27(79-45(30)64-21-60-33-37(48)52-17-56-41(33)64)14-75-84(69,70)81-28-8-25(12-66)77-43(28)65-22-61-34-38(53-18-57-42(34)65)49-11-24-4-2-1-3-5-24;3*1-4-7(5-2)6-3/h1-5,15-22,25-30,43-45,66H,6-14,23H2,(H,67,68)(H,69,70)(H,71,72)(H2,46,50,54)(H2,47,51,55)(H2,48,52,56)(H,49,53,57);3*4-6H2,1-3H3/t25-,26-,27-,28+,29+,30+,43+,44+,45+;;;/m0.../s1. The highest BCUT2D eigenvalue weighted by atomic mass is 31.2. The number of nitrogens with two attached hydrogens (primary N) is 3. The molecule has 0 bridgehead atoms. The molecule has 11 N–H and O–H groups in total. The van der Waals surface area contributed by atoms with E-state index in [4.69, 9.17) is 63.3 Å². The summed E-state index contributed by atoms with van der Waals surface area (Å²) in [5.41, 5.74) is 20.8. The summed E-state index contributed by atoms with van der Waals surface area (Å²) in [4.78, 5) is 96.2. The average molecular weight is 1540 g/mol. The first-order valence-corrected chi connectivity index (χ1v) is 39.7. The Balaban J connectivity index is 0.000000542. The number of hydrogen-bond donors (Lipinski definition) is 8. The van der Waals surface area contributed by atoms with E-state index in [-0.39, 0.29) is 78.0 Å². The van der Waals surface area contributed by atoms with Crippen molar-refractivity contribution in [1.82, 2.24) is 78.1 Å². The molecule has 3 aliphatic rings. The largest absolute Gasteiger partial charge is 0.756 e. The van der Waals surface area contributed by atoms with Crippen molar-refractivity contribution in [1.29, 1.82) is 0 Å². The van der Waals surface area contributed by atoms with Gasteiger partial charge in [0.2, 0.25) is 0 Å². The molecule has 40 nitrogen and oxygen atoms in total. The third-order valence-electron chi connectivity index (χ3n) is 18.2. The fraction of sp³-hybridized carbons (Fsp3) is 0.587. The van der Waals surface area contributed by atoms with Crippen molar-refractivity contribution in [2.45, 2.75) is 150 Å². The Hall–Kier alpha value is -7.37. The van der Waals surface area contributed by atoms with Crippen LogP contribution in [0.25, 0.3) is 44.7 Å². The molecule has 12 rings (SSSR count). The number of quaternary nitrogens is 3. The van der Waals surface area contributed by atoms with Gasteiger partial charge in [0.05, 0.1) is 136 Å². The monoisotopic (exact) mass is 1540 g/mol. The number of aliphatic hydroxyl groups excluding tert-OH is 1. The van der Waals surface area contributed by atoms with Crippen LogP contribution in [0.1, 0.15) is 106 Å². The van der Waals surface area contributed by atoms with Gasteiger partial charge in [0.15, 0.2) is 70.1 Å². The topological polar surface area (TPSA) is 511 Å². The maximum absolute atomic E-state index is 13.9. The zero-order valence-electron chi connectivity index (χ0n) is 60.8. The van der Waals surface area contributed by atoms with Gasteiger partial charge in [-0.1, -0.05) is 30.3 Å². The van der Waals surface area contributed by atoms with E-state index in [1.165, 1.54) is 115 Å². The van der Waals surface area contributed by atoms with Gasteiger partial charge in [-0.3, -0.25) is 32.0 Å². The number of aliphatic hydroxyl groups is 1. The van der Waals surface area contributed by atoms with E-state index in [2.05, 4.69) is 127 Å². The van der Waals surface area contributed by atoms with Gasteiger partial charge < -0.3 is 103 Å². The number of nitrogens with one attached hydrogen (secondary N) is 4. The van der Waals surface area contributed by atoms with E-state index in [1.807, 2.05) is 30.3 Å². The number of aromatic nitrogens is 16. The number of nitrogens with zero attached hydrogens (tertiary/aromatic N) is 16. The Morgan fingerprint density at radius 2 is 0.849 bits per heavy atom. The minimum absolute atomic E-state index is 0.00207. The molecule has 3 fully saturated rings.